The van der Waals surface area contributed by atoms with E-state index in [0.717, 1.165) is 6.07 Å². The number of aliphatic hydroxyl groups excluding tert-OH is 3. The number of carboxylic acids is 1. The molecule has 0 spiro atoms. The van der Waals surface area contributed by atoms with Gasteiger partial charge in [0.05, 0.1) is 27.9 Å². The SMILES string of the molecule is CC(C)N1CCC(C(=O)Nc2c(O[C@@H]3O[C@H](C(=O)O)[C@@H](O)[C@H](O)[C@H]3O)cc(C#N)cc2C(=O)Nc2ccc(Cl)cn2)CC1. The summed E-state index contributed by atoms with van der Waals surface area (Å²) in [4.78, 5) is 44.8. The fraction of sp³-hybridized carbons (Fsp3) is 0.464. The van der Waals surface area contributed by atoms with Gasteiger partial charge in [-0.1, -0.05) is 11.6 Å². The number of nitriles is 1. The van der Waals surface area contributed by atoms with E-state index in [-0.39, 0.29) is 28.4 Å². The lowest BCUT2D eigenvalue weighted by Gasteiger charge is -2.38. The second kappa shape index (κ2) is 13.6. The van der Waals surface area contributed by atoms with Gasteiger partial charge in [-0.2, -0.15) is 5.26 Å². The van der Waals surface area contributed by atoms with Crippen molar-refractivity contribution in [1.29, 1.82) is 5.26 Å². The van der Waals surface area contributed by atoms with E-state index in [1.807, 2.05) is 6.07 Å². The molecular weight excluding hydrogens is 586 g/mol. The van der Waals surface area contributed by atoms with Crippen molar-refractivity contribution in [2.24, 2.45) is 5.92 Å². The number of benzene rings is 1. The van der Waals surface area contributed by atoms with Gasteiger partial charge in [0.2, 0.25) is 12.2 Å². The lowest BCUT2D eigenvalue weighted by Crippen LogP contribution is -2.61. The Balaban J connectivity index is 1.71. The highest BCUT2D eigenvalue weighted by Gasteiger charge is 2.48. The molecule has 2 fully saturated rings. The van der Waals surface area contributed by atoms with Gasteiger partial charge < -0.3 is 45.4 Å². The Morgan fingerprint density at radius 3 is 2.40 bits per heavy atom. The first-order valence-corrected chi connectivity index (χ1v) is 13.9. The first-order valence-electron chi connectivity index (χ1n) is 13.5. The third-order valence-electron chi connectivity index (χ3n) is 7.38. The van der Waals surface area contributed by atoms with Gasteiger partial charge in [-0.05, 0) is 58.0 Å². The number of carbonyl (C=O) groups excluding carboxylic acids is 2. The predicted octanol–water partition coefficient (Wildman–Crippen LogP) is 1.19. The van der Waals surface area contributed by atoms with Gasteiger partial charge in [0, 0.05) is 24.2 Å². The molecule has 6 N–H and O–H groups in total. The number of aliphatic hydroxyl groups is 3. The maximum absolute atomic E-state index is 13.5. The Hall–Kier alpha value is -3.84. The van der Waals surface area contributed by atoms with Crippen molar-refractivity contribution < 1.29 is 44.3 Å². The van der Waals surface area contributed by atoms with Crippen LogP contribution in [0.25, 0.3) is 0 Å². The summed E-state index contributed by atoms with van der Waals surface area (Å²) in [5, 5.41) is 55.6. The Bertz CT molecular complexity index is 1390. The smallest absolute Gasteiger partial charge is 0.335 e. The zero-order valence-electron chi connectivity index (χ0n) is 23.3. The summed E-state index contributed by atoms with van der Waals surface area (Å²) in [6.45, 7) is 5.49. The Labute approximate surface area is 251 Å². The van der Waals surface area contributed by atoms with Gasteiger partial charge in [-0.15, -0.1) is 0 Å². The van der Waals surface area contributed by atoms with Crippen LogP contribution in [-0.4, -0.2) is 97.9 Å². The molecule has 2 aliphatic rings. The number of halogens is 1. The zero-order valence-corrected chi connectivity index (χ0v) is 24.1. The minimum Gasteiger partial charge on any atom is -0.479 e. The number of amides is 2. The van der Waals surface area contributed by atoms with Crippen LogP contribution in [0.5, 0.6) is 5.75 Å². The van der Waals surface area contributed by atoms with Crippen LogP contribution < -0.4 is 15.4 Å². The van der Waals surface area contributed by atoms with Crippen LogP contribution >= 0.6 is 11.6 Å². The van der Waals surface area contributed by atoms with E-state index >= 15 is 0 Å². The maximum atomic E-state index is 13.5. The number of nitrogens with zero attached hydrogens (tertiary/aromatic N) is 3. The molecular formula is C28H32ClN5O9. The average molecular weight is 618 g/mol. The number of carbonyl (C=O) groups is 3. The van der Waals surface area contributed by atoms with Crippen molar-refractivity contribution in [3.8, 4) is 11.8 Å². The summed E-state index contributed by atoms with van der Waals surface area (Å²) in [5.41, 5.74) is -0.488. The molecule has 3 heterocycles. The van der Waals surface area contributed by atoms with Crippen molar-refractivity contribution in [3.05, 3.63) is 46.6 Å². The number of hydrogen-bond acceptors (Lipinski definition) is 11. The quantitative estimate of drug-likeness (QED) is 0.246. The first kappa shape index (κ1) is 32.1. The predicted molar refractivity (Wildman–Crippen MR) is 151 cm³/mol. The van der Waals surface area contributed by atoms with E-state index in [9.17, 15) is 40.1 Å². The molecule has 4 rings (SSSR count). The van der Waals surface area contributed by atoms with Crippen LogP contribution in [0.15, 0.2) is 30.5 Å². The number of carboxylic acid groups (broad SMARTS) is 1. The van der Waals surface area contributed by atoms with Gasteiger partial charge >= 0.3 is 5.97 Å². The van der Waals surface area contributed by atoms with E-state index in [0.29, 0.717) is 37.0 Å². The first-order chi connectivity index (χ1) is 20.4. The fourth-order valence-electron chi connectivity index (χ4n) is 4.89. The van der Waals surface area contributed by atoms with Gasteiger partial charge in [0.15, 0.2) is 6.10 Å². The van der Waals surface area contributed by atoms with Gasteiger partial charge in [0.1, 0.15) is 29.9 Å². The Kier molecular flexibility index (Phi) is 10.2. The van der Waals surface area contributed by atoms with E-state index in [1.54, 1.807) is 0 Å². The number of aliphatic carboxylic acids is 1. The van der Waals surface area contributed by atoms with Crippen LogP contribution in [0, 0.1) is 17.2 Å². The normalized spacial score (nSPS) is 24.7. The van der Waals surface area contributed by atoms with Crippen LogP contribution in [0.1, 0.15) is 42.6 Å². The minimum atomic E-state index is -1.97. The third kappa shape index (κ3) is 7.39. The number of ether oxygens (including phenoxy) is 2. The van der Waals surface area contributed by atoms with Gasteiger partial charge in [-0.25, -0.2) is 9.78 Å². The molecule has 2 aliphatic heterocycles. The highest BCUT2D eigenvalue weighted by molar-refractivity contribution is 6.30. The van der Waals surface area contributed by atoms with Crippen LogP contribution in [-0.2, 0) is 14.3 Å². The number of anilines is 2. The third-order valence-corrected chi connectivity index (χ3v) is 7.60. The summed E-state index contributed by atoms with van der Waals surface area (Å²) < 4.78 is 11.0. The van der Waals surface area contributed by atoms with Gasteiger partial charge in [-0.3, -0.25) is 9.59 Å². The molecule has 0 radical (unpaired) electrons. The summed E-state index contributed by atoms with van der Waals surface area (Å²) in [5.74, 6) is -3.47. The highest BCUT2D eigenvalue weighted by Crippen LogP contribution is 2.35. The van der Waals surface area contributed by atoms with Crippen molar-refractivity contribution >= 4 is 40.9 Å². The van der Waals surface area contributed by atoms with E-state index in [2.05, 4.69) is 34.4 Å². The fourth-order valence-corrected chi connectivity index (χ4v) is 5.00. The standard InChI is InChI=1S/C28H32ClN5O9/c1-13(2)34-7-5-15(6-8-34)25(38)33-20-17(26(39)32-19-4-3-16(29)12-31-19)9-14(11-30)10-18(20)42-28-23(37)21(35)22(36)24(43-28)27(40)41/h3-4,9-10,12-13,15,21-24,28,35-37H,5-8H2,1-2H3,(H,33,38)(H,40,41)(H,31,32,39)/t21-,22-,23+,24-,28+/m0/s1. The van der Waals surface area contributed by atoms with Crippen LogP contribution in [0.2, 0.25) is 5.02 Å². The second-order valence-corrected chi connectivity index (χ2v) is 11.0. The van der Waals surface area contributed by atoms with E-state index in [1.165, 1.54) is 24.4 Å². The zero-order chi connectivity index (χ0) is 31.4. The summed E-state index contributed by atoms with van der Waals surface area (Å²) >= 11 is 5.88. The summed E-state index contributed by atoms with van der Waals surface area (Å²) in [6, 6.07) is 7.51. The van der Waals surface area contributed by atoms with E-state index in [4.69, 9.17) is 21.1 Å². The molecule has 15 heteroatoms. The number of aromatic nitrogens is 1. The number of pyridine rings is 1. The molecule has 43 heavy (non-hydrogen) atoms. The molecule has 2 amide bonds. The molecule has 230 valence electrons. The Morgan fingerprint density at radius 1 is 1.12 bits per heavy atom. The van der Waals surface area contributed by atoms with Crippen molar-refractivity contribution in [3.63, 3.8) is 0 Å². The number of likely N-dealkylation sites (tertiary alicyclic amines) is 1. The molecule has 1 aromatic heterocycles. The summed E-state index contributed by atoms with van der Waals surface area (Å²) in [7, 11) is 0. The van der Waals surface area contributed by atoms with Gasteiger partial charge in [0.25, 0.3) is 5.91 Å². The highest BCUT2D eigenvalue weighted by atomic mass is 35.5. The molecule has 5 atom stereocenters. The molecule has 14 nitrogen and oxygen atoms in total. The van der Waals surface area contributed by atoms with Crippen LogP contribution in [0.4, 0.5) is 11.5 Å². The second-order valence-electron chi connectivity index (χ2n) is 10.6. The summed E-state index contributed by atoms with van der Waals surface area (Å²) in [6.07, 6.45) is -7.31. The lowest BCUT2D eigenvalue weighted by atomic mass is 9.94. The van der Waals surface area contributed by atoms with Crippen LogP contribution in [0.3, 0.4) is 0 Å². The average Bonchev–Trinajstić information content (AvgIpc) is 2.98. The lowest BCUT2D eigenvalue weighted by molar-refractivity contribution is -0.271. The van der Waals surface area contributed by atoms with Crippen molar-refractivity contribution in [2.75, 3.05) is 23.7 Å². The van der Waals surface area contributed by atoms with Crippen molar-refractivity contribution in [1.82, 2.24) is 9.88 Å². The molecule has 0 unspecified atom stereocenters. The molecule has 1 aromatic carbocycles. The Morgan fingerprint density at radius 2 is 1.81 bits per heavy atom. The molecule has 0 aliphatic carbocycles. The van der Waals surface area contributed by atoms with Crippen molar-refractivity contribution in [2.45, 2.75) is 63.4 Å². The largest absolute Gasteiger partial charge is 0.479 e. The van der Waals surface area contributed by atoms with E-state index < -0.39 is 54.4 Å². The number of hydrogen-bond donors (Lipinski definition) is 6. The number of rotatable bonds is 8. The molecule has 2 aromatic rings. The monoisotopic (exact) mass is 617 g/mol. The minimum absolute atomic E-state index is 0.0897. The molecule has 0 saturated carbocycles. The number of piperidine rings is 1. The number of nitrogens with one attached hydrogen (secondary N) is 2. The molecule has 2 saturated heterocycles. The topological polar surface area (TPSA) is 215 Å². The maximum Gasteiger partial charge on any atom is 0.335 e. The molecule has 0 bridgehead atoms.